The number of benzene rings is 1. The topological polar surface area (TPSA) is 60.0 Å². The van der Waals surface area contributed by atoms with Crippen molar-refractivity contribution in [2.75, 3.05) is 44.8 Å². The Morgan fingerprint density at radius 2 is 2.04 bits per heavy atom. The van der Waals surface area contributed by atoms with Crippen molar-refractivity contribution in [1.29, 1.82) is 0 Å². The fourth-order valence-electron chi connectivity index (χ4n) is 3.07. The van der Waals surface area contributed by atoms with Crippen LogP contribution in [0.15, 0.2) is 18.2 Å². The van der Waals surface area contributed by atoms with Crippen LogP contribution in [0.3, 0.4) is 0 Å². The Morgan fingerprint density at radius 3 is 2.79 bits per heavy atom. The van der Waals surface area contributed by atoms with E-state index in [-0.39, 0.29) is 12.0 Å². The molecule has 0 aliphatic carbocycles. The normalized spacial score (nSPS) is 20.0. The van der Waals surface area contributed by atoms with Crippen molar-refractivity contribution < 1.29 is 19.0 Å². The Kier molecular flexibility index (Phi) is 5.93. The van der Waals surface area contributed by atoms with Crippen molar-refractivity contribution in [3.63, 3.8) is 0 Å². The third-order valence-corrected chi connectivity index (χ3v) is 4.38. The van der Waals surface area contributed by atoms with Gasteiger partial charge >= 0.3 is 0 Å². The molecule has 2 aliphatic heterocycles. The molecule has 0 saturated carbocycles. The van der Waals surface area contributed by atoms with Gasteiger partial charge in [0.15, 0.2) is 11.5 Å². The Balaban J connectivity index is 1.52. The van der Waals surface area contributed by atoms with Gasteiger partial charge in [-0.2, -0.15) is 0 Å². The second-order valence-electron chi connectivity index (χ2n) is 6.22. The molecule has 3 rings (SSSR count). The zero-order chi connectivity index (χ0) is 16.8. The van der Waals surface area contributed by atoms with Gasteiger partial charge in [-0.15, -0.1) is 0 Å². The quantitative estimate of drug-likeness (QED) is 0.865. The summed E-state index contributed by atoms with van der Waals surface area (Å²) in [5, 5.41) is 2.94. The van der Waals surface area contributed by atoms with Gasteiger partial charge in [0.05, 0.1) is 12.6 Å². The minimum Gasteiger partial charge on any atom is -0.486 e. The number of hydrogen-bond donors (Lipinski definition) is 1. The van der Waals surface area contributed by atoms with Crippen LogP contribution in [0, 0.1) is 0 Å². The molecule has 6 nitrogen and oxygen atoms in total. The summed E-state index contributed by atoms with van der Waals surface area (Å²) in [5.41, 5.74) is 0.731. The summed E-state index contributed by atoms with van der Waals surface area (Å²) in [6.07, 6.45) is 3.69. The zero-order valence-electron chi connectivity index (χ0n) is 14.3. The first-order valence-electron chi connectivity index (χ1n) is 8.78. The monoisotopic (exact) mass is 334 g/mol. The predicted molar refractivity (Wildman–Crippen MR) is 91.8 cm³/mol. The third-order valence-electron chi connectivity index (χ3n) is 4.38. The molecule has 0 bridgehead atoms. The SMILES string of the molecule is CCN(CC(=O)Nc1ccc2c(c1)OCCO2)C[C@H]1CCCCO1. The van der Waals surface area contributed by atoms with Gasteiger partial charge in [-0.25, -0.2) is 0 Å². The van der Waals surface area contributed by atoms with Crippen LogP contribution in [0.2, 0.25) is 0 Å². The van der Waals surface area contributed by atoms with Crippen LogP contribution in [-0.2, 0) is 9.53 Å². The number of carbonyl (C=O) groups is 1. The molecule has 0 unspecified atom stereocenters. The van der Waals surface area contributed by atoms with E-state index < -0.39 is 0 Å². The largest absolute Gasteiger partial charge is 0.486 e. The van der Waals surface area contributed by atoms with E-state index in [0.29, 0.717) is 25.5 Å². The van der Waals surface area contributed by atoms with Gasteiger partial charge in [0.25, 0.3) is 0 Å². The predicted octanol–water partition coefficient (Wildman–Crippen LogP) is 2.29. The Morgan fingerprint density at radius 1 is 1.21 bits per heavy atom. The molecule has 2 heterocycles. The maximum atomic E-state index is 12.3. The highest BCUT2D eigenvalue weighted by Gasteiger charge is 2.19. The van der Waals surface area contributed by atoms with Crippen molar-refractivity contribution in [3.8, 4) is 11.5 Å². The van der Waals surface area contributed by atoms with Crippen LogP contribution in [0.25, 0.3) is 0 Å². The van der Waals surface area contributed by atoms with Gasteiger partial charge in [-0.1, -0.05) is 6.92 Å². The van der Waals surface area contributed by atoms with Gasteiger partial charge in [0.2, 0.25) is 5.91 Å². The number of nitrogens with zero attached hydrogens (tertiary/aromatic N) is 1. The summed E-state index contributed by atoms with van der Waals surface area (Å²) < 4.78 is 16.8. The van der Waals surface area contributed by atoms with Crippen molar-refractivity contribution in [2.24, 2.45) is 0 Å². The molecule has 2 aliphatic rings. The average molecular weight is 334 g/mol. The number of likely N-dealkylation sites (N-methyl/N-ethyl adjacent to an activating group) is 1. The van der Waals surface area contributed by atoms with E-state index >= 15 is 0 Å². The van der Waals surface area contributed by atoms with Gasteiger partial charge in [0.1, 0.15) is 13.2 Å². The molecular weight excluding hydrogens is 308 g/mol. The Hall–Kier alpha value is -1.79. The minimum atomic E-state index is -0.0238. The van der Waals surface area contributed by atoms with Gasteiger partial charge in [-0.3, -0.25) is 9.69 Å². The molecule has 1 aromatic carbocycles. The van der Waals surface area contributed by atoms with E-state index in [1.165, 1.54) is 6.42 Å². The summed E-state index contributed by atoms with van der Waals surface area (Å²) in [6.45, 7) is 6.01. The molecule has 1 saturated heterocycles. The summed E-state index contributed by atoms with van der Waals surface area (Å²) in [4.78, 5) is 14.5. The number of hydrogen-bond acceptors (Lipinski definition) is 5. The van der Waals surface area contributed by atoms with Crippen LogP contribution in [0.4, 0.5) is 5.69 Å². The lowest BCUT2D eigenvalue weighted by molar-refractivity contribution is -0.117. The highest BCUT2D eigenvalue weighted by atomic mass is 16.6. The van der Waals surface area contributed by atoms with E-state index in [4.69, 9.17) is 14.2 Å². The van der Waals surface area contributed by atoms with Crippen molar-refractivity contribution in [1.82, 2.24) is 4.90 Å². The molecule has 1 N–H and O–H groups in total. The van der Waals surface area contributed by atoms with Crippen LogP contribution < -0.4 is 14.8 Å². The summed E-state index contributed by atoms with van der Waals surface area (Å²) >= 11 is 0. The lowest BCUT2D eigenvalue weighted by Gasteiger charge is -2.28. The van der Waals surface area contributed by atoms with Crippen LogP contribution in [-0.4, -0.2) is 56.4 Å². The van der Waals surface area contributed by atoms with Gasteiger partial charge in [0, 0.05) is 24.9 Å². The zero-order valence-corrected chi connectivity index (χ0v) is 14.3. The van der Waals surface area contributed by atoms with Crippen LogP contribution in [0.5, 0.6) is 11.5 Å². The molecular formula is C18H26N2O4. The number of carbonyl (C=O) groups excluding carboxylic acids is 1. The molecule has 1 aromatic rings. The maximum Gasteiger partial charge on any atom is 0.238 e. The standard InChI is InChI=1S/C18H26N2O4/c1-2-20(12-15-5-3-4-8-22-15)13-18(21)19-14-6-7-16-17(11-14)24-10-9-23-16/h6-7,11,15H,2-5,8-10,12-13H2,1H3,(H,19,21)/t15-/m1/s1. The smallest absolute Gasteiger partial charge is 0.238 e. The fraction of sp³-hybridized carbons (Fsp3) is 0.611. The van der Waals surface area contributed by atoms with Crippen LogP contribution >= 0.6 is 0 Å². The molecule has 1 amide bonds. The maximum absolute atomic E-state index is 12.3. The molecule has 0 radical (unpaired) electrons. The second-order valence-corrected chi connectivity index (χ2v) is 6.22. The number of nitrogens with one attached hydrogen (secondary N) is 1. The molecule has 132 valence electrons. The van der Waals surface area contributed by atoms with E-state index in [2.05, 4.69) is 17.1 Å². The lowest BCUT2D eigenvalue weighted by Crippen LogP contribution is -2.40. The highest BCUT2D eigenvalue weighted by molar-refractivity contribution is 5.92. The second kappa shape index (κ2) is 8.35. The third kappa shape index (κ3) is 4.61. The van der Waals surface area contributed by atoms with E-state index in [9.17, 15) is 4.79 Å². The van der Waals surface area contributed by atoms with Gasteiger partial charge < -0.3 is 19.5 Å². The lowest BCUT2D eigenvalue weighted by atomic mass is 10.1. The van der Waals surface area contributed by atoms with E-state index in [0.717, 1.165) is 44.0 Å². The van der Waals surface area contributed by atoms with E-state index in [1.807, 2.05) is 18.2 Å². The van der Waals surface area contributed by atoms with E-state index in [1.54, 1.807) is 0 Å². The number of ether oxygens (including phenoxy) is 3. The first kappa shape index (κ1) is 17.0. The van der Waals surface area contributed by atoms with Crippen molar-refractivity contribution >= 4 is 11.6 Å². The average Bonchev–Trinajstić information content (AvgIpc) is 2.62. The minimum absolute atomic E-state index is 0.0238. The summed E-state index contributed by atoms with van der Waals surface area (Å²) in [6, 6.07) is 5.48. The molecule has 0 aromatic heterocycles. The first-order valence-corrected chi connectivity index (χ1v) is 8.78. The molecule has 24 heavy (non-hydrogen) atoms. The molecule has 0 spiro atoms. The number of rotatable bonds is 6. The van der Waals surface area contributed by atoms with Gasteiger partial charge in [-0.05, 0) is 37.9 Å². The first-order chi connectivity index (χ1) is 11.7. The number of amides is 1. The Labute approximate surface area is 143 Å². The number of anilines is 1. The molecule has 6 heteroatoms. The highest BCUT2D eigenvalue weighted by Crippen LogP contribution is 2.32. The fourth-order valence-corrected chi connectivity index (χ4v) is 3.07. The van der Waals surface area contributed by atoms with Crippen molar-refractivity contribution in [3.05, 3.63) is 18.2 Å². The number of fused-ring (bicyclic) bond motifs is 1. The van der Waals surface area contributed by atoms with Crippen LogP contribution in [0.1, 0.15) is 26.2 Å². The molecule has 1 atom stereocenters. The summed E-state index contributed by atoms with van der Waals surface area (Å²) in [7, 11) is 0. The molecule has 1 fully saturated rings. The van der Waals surface area contributed by atoms with Crippen molar-refractivity contribution in [2.45, 2.75) is 32.3 Å². The summed E-state index contributed by atoms with van der Waals surface area (Å²) in [5.74, 6) is 1.38. The Bertz CT molecular complexity index is 558.